The van der Waals surface area contributed by atoms with E-state index >= 15 is 0 Å². The molecule has 0 aliphatic heterocycles. The van der Waals surface area contributed by atoms with E-state index in [1.807, 2.05) is 19.9 Å². The number of aliphatic hydroxyl groups excluding tert-OH is 1. The summed E-state index contributed by atoms with van der Waals surface area (Å²) in [6, 6.07) is 1.84. The van der Waals surface area contributed by atoms with Crippen molar-refractivity contribution in [1.29, 1.82) is 0 Å². The molecule has 0 saturated heterocycles. The van der Waals surface area contributed by atoms with E-state index in [0.717, 1.165) is 14.8 Å². The van der Waals surface area contributed by atoms with Crippen LogP contribution in [0.3, 0.4) is 0 Å². The lowest BCUT2D eigenvalue weighted by Gasteiger charge is -2.24. The normalized spacial score (nSPS) is 18.4. The van der Waals surface area contributed by atoms with Gasteiger partial charge in [0.15, 0.2) is 0 Å². The zero-order valence-electron chi connectivity index (χ0n) is 12.8. The first-order valence-corrected chi connectivity index (χ1v) is 8.26. The minimum atomic E-state index is -0.587. The number of hydrogen-bond acceptors (Lipinski definition) is 4. The largest absolute Gasteiger partial charge is 0.508 e. The second-order valence-electron chi connectivity index (χ2n) is 5.72. The molecule has 2 aromatic rings. The van der Waals surface area contributed by atoms with Gasteiger partial charge in [-0.15, -0.1) is 0 Å². The number of rotatable bonds is 2. The van der Waals surface area contributed by atoms with Gasteiger partial charge in [-0.05, 0) is 48.1 Å². The van der Waals surface area contributed by atoms with Crippen molar-refractivity contribution in [2.45, 2.75) is 20.3 Å². The fourth-order valence-electron chi connectivity index (χ4n) is 3.10. The lowest BCUT2D eigenvalue weighted by atomic mass is 9.93. The van der Waals surface area contributed by atoms with E-state index in [-0.39, 0.29) is 23.1 Å². The second kappa shape index (κ2) is 5.55. The molecule has 1 aliphatic carbocycles. The number of primary amides is 1. The highest BCUT2D eigenvalue weighted by molar-refractivity contribution is 14.1. The minimum Gasteiger partial charge on any atom is -0.508 e. The number of allylic oxidation sites excluding steroid dienone is 3. The molecule has 7 heteroatoms. The number of carbonyl (C=O) groups excluding carboxylic acids is 1. The first-order chi connectivity index (χ1) is 10.8. The van der Waals surface area contributed by atoms with Gasteiger partial charge >= 0.3 is 0 Å². The topological polar surface area (TPSA) is 107 Å². The van der Waals surface area contributed by atoms with Crippen LogP contribution in [0.25, 0.3) is 16.7 Å². The Morgan fingerprint density at radius 1 is 1.52 bits per heavy atom. The van der Waals surface area contributed by atoms with Gasteiger partial charge in [-0.3, -0.25) is 9.36 Å². The molecule has 5 N–H and O–H groups in total. The molecular weight excluding hydrogens is 407 g/mol. The molecule has 1 amide bonds. The van der Waals surface area contributed by atoms with Gasteiger partial charge in [0.25, 0.3) is 5.91 Å². The van der Waals surface area contributed by atoms with E-state index < -0.39 is 5.91 Å². The lowest BCUT2D eigenvalue weighted by Crippen LogP contribution is -2.17. The van der Waals surface area contributed by atoms with E-state index in [1.165, 1.54) is 0 Å². The average molecular weight is 424 g/mol. The molecule has 0 spiro atoms. The number of nitrogen functional groups attached to an aromatic ring is 1. The molecule has 3 rings (SSSR count). The van der Waals surface area contributed by atoms with Crippen LogP contribution in [0, 0.1) is 9.49 Å². The Morgan fingerprint density at radius 2 is 2.22 bits per heavy atom. The first-order valence-electron chi connectivity index (χ1n) is 7.18. The monoisotopic (exact) mass is 424 g/mol. The molecule has 0 unspecified atom stereocenters. The number of aliphatic hydroxyl groups is 1. The first kappa shape index (κ1) is 15.9. The van der Waals surface area contributed by atoms with Crippen LogP contribution < -0.4 is 11.5 Å². The predicted molar refractivity (Wildman–Crippen MR) is 98.8 cm³/mol. The van der Waals surface area contributed by atoms with Crippen molar-refractivity contribution in [3.05, 3.63) is 38.8 Å². The average Bonchev–Trinajstić information content (AvgIpc) is 2.75. The number of amides is 1. The summed E-state index contributed by atoms with van der Waals surface area (Å²) in [5.74, 6) is 0.0329. The summed E-state index contributed by atoms with van der Waals surface area (Å²) in [5, 5.41) is 10.7. The van der Waals surface area contributed by atoms with Crippen LogP contribution >= 0.6 is 22.6 Å². The van der Waals surface area contributed by atoms with E-state index in [4.69, 9.17) is 11.5 Å². The number of halogens is 1. The molecule has 23 heavy (non-hydrogen) atoms. The zero-order chi connectivity index (χ0) is 16.9. The highest BCUT2D eigenvalue weighted by Crippen LogP contribution is 2.38. The smallest absolute Gasteiger partial charge is 0.253 e. The third kappa shape index (κ3) is 2.39. The molecule has 0 radical (unpaired) electrons. The molecular formula is C16H17IN4O2. The number of carbonyl (C=O) groups is 1. The van der Waals surface area contributed by atoms with Gasteiger partial charge in [-0.2, -0.15) is 0 Å². The third-order valence-electron chi connectivity index (χ3n) is 4.20. The van der Waals surface area contributed by atoms with Crippen LogP contribution in [0.2, 0.25) is 0 Å². The van der Waals surface area contributed by atoms with Crippen molar-refractivity contribution >= 4 is 51.0 Å². The maximum atomic E-state index is 11.9. The summed E-state index contributed by atoms with van der Waals surface area (Å²) >= 11 is 2.13. The van der Waals surface area contributed by atoms with Gasteiger partial charge in [-0.25, -0.2) is 4.98 Å². The van der Waals surface area contributed by atoms with Gasteiger partial charge in [0.1, 0.15) is 17.2 Å². The van der Waals surface area contributed by atoms with Crippen molar-refractivity contribution in [1.82, 2.24) is 9.55 Å². The summed E-state index contributed by atoms with van der Waals surface area (Å²) in [5.41, 5.74) is 14.2. The number of aromatic nitrogens is 2. The molecule has 1 aliphatic rings. The van der Waals surface area contributed by atoms with Gasteiger partial charge < -0.3 is 16.6 Å². The molecule has 0 bridgehead atoms. The van der Waals surface area contributed by atoms with Crippen LogP contribution in [-0.4, -0.2) is 20.6 Å². The van der Waals surface area contributed by atoms with Crippen LogP contribution in [0.1, 0.15) is 30.6 Å². The maximum Gasteiger partial charge on any atom is 0.253 e. The van der Waals surface area contributed by atoms with Gasteiger partial charge in [0.2, 0.25) is 0 Å². The lowest BCUT2D eigenvalue weighted by molar-refractivity contribution is 0.100. The Kier molecular flexibility index (Phi) is 3.83. The number of anilines is 1. The molecule has 0 fully saturated rings. The zero-order valence-corrected chi connectivity index (χ0v) is 15.0. The van der Waals surface area contributed by atoms with E-state index in [9.17, 15) is 9.90 Å². The Labute approximate surface area is 147 Å². The number of fused-ring (bicyclic) bond motifs is 1. The molecule has 2 heterocycles. The van der Waals surface area contributed by atoms with Crippen molar-refractivity contribution in [2.24, 2.45) is 11.7 Å². The van der Waals surface area contributed by atoms with E-state index in [2.05, 4.69) is 27.6 Å². The maximum absolute atomic E-state index is 11.9. The van der Waals surface area contributed by atoms with E-state index in [0.29, 0.717) is 17.5 Å². The fourth-order valence-corrected chi connectivity index (χ4v) is 3.55. The van der Waals surface area contributed by atoms with Crippen molar-refractivity contribution in [2.75, 3.05) is 5.73 Å². The molecule has 6 nitrogen and oxygen atoms in total. The second-order valence-corrected chi connectivity index (χ2v) is 6.97. The van der Waals surface area contributed by atoms with Crippen LogP contribution in [-0.2, 0) is 0 Å². The molecule has 1 atom stereocenters. The van der Waals surface area contributed by atoms with Gasteiger partial charge in [0, 0.05) is 32.3 Å². The molecule has 120 valence electrons. The highest BCUT2D eigenvalue weighted by Gasteiger charge is 2.27. The van der Waals surface area contributed by atoms with Crippen molar-refractivity contribution in [3.8, 4) is 0 Å². The summed E-state index contributed by atoms with van der Waals surface area (Å²) in [6.45, 7) is 3.88. The molecule has 0 aromatic carbocycles. The van der Waals surface area contributed by atoms with Crippen molar-refractivity contribution in [3.63, 3.8) is 0 Å². The Morgan fingerprint density at radius 3 is 2.87 bits per heavy atom. The Balaban J connectivity index is 2.43. The minimum absolute atomic E-state index is 0.130. The SMILES string of the molecule is CC1=C(n2c(N)c(C(N)=O)c3cc(I)cnc32)[C@H](C)CC=C1O. The number of pyridine rings is 1. The quantitative estimate of drug-likeness (QED) is 0.645. The van der Waals surface area contributed by atoms with Crippen LogP contribution in [0.5, 0.6) is 0 Å². The van der Waals surface area contributed by atoms with Gasteiger partial charge in [0.05, 0.1) is 5.56 Å². The Bertz CT molecular complexity index is 895. The van der Waals surface area contributed by atoms with Crippen molar-refractivity contribution < 1.29 is 9.90 Å². The third-order valence-corrected chi connectivity index (χ3v) is 4.79. The Hall–Kier alpha value is -2.03. The number of nitrogens with zero attached hydrogens (tertiary/aromatic N) is 2. The van der Waals surface area contributed by atoms with Gasteiger partial charge in [-0.1, -0.05) is 6.92 Å². The standard InChI is InChI=1S/C16H17IN4O2/c1-7-3-4-11(22)8(2)13(7)21-14(18)12(15(19)23)10-5-9(17)6-20-16(10)21/h4-7,22H,3,18H2,1-2H3,(H2,19,23)/t7-/m1/s1. The number of hydrogen-bond donors (Lipinski definition) is 3. The highest BCUT2D eigenvalue weighted by atomic mass is 127. The summed E-state index contributed by atoms with van der Waals surface area (Å²) in [7, 11) is 0. The molecule has 0 saturated carbocycles. The predicted octanol–water partition coefficient (Wildman–Crippen LogP) is 3.03. The van der Waals surface area contributed by atoms with Crippen LogP contribution in [0.4, 0.5) is 5.82 Å². The van der Waals surface area contributed by atoms with E-state index in [1.54, 1.807) is 16.8 Å². The summed E-state index contributed by atoms with van der Waals surface area (Å²) < 4.78 is 2.63. The summed E-state index contributed by atoms with van der Waals surface area (Å²) in [6.07, 6.45) is 4.19. The molecule has 2 aromatic heterocycles. The number of nitrogens with two attached hydrogens (primary N) is 2. The fraction of sp³-hybridized carbons (Fsp3) is 0.250. The summed E-state index contributed by atoms with van der Waals surface area (Å²) in [4.78, 5) is 16.3. The van der Waals surface area contributed by atoms with Crippen LogP contribution in [0.15, 0.2) is 29.7 Å².